The molecular formula is C62H51N3Si2. The number of hydrogen-bond acceptors (Lipinski definition) is 3. The summed E-state index contributed by atoms with van der Waals surface area (Å²) in [5.74, 6) is 2.02. The molecule has 67 heavy (non-hydrogen) atoms. The number of hydrogen-bond donors (Lipinski definition) is 0. The van der Waals surface area contributed by atoms with E-state index in [9.17, 15) is 0 Å². The van der Waals surface area contributed by atoms with Crippen LogP contribution >= 0.6 is 0 Å². The Hall–Kier alpha value is -7.32. The molecule has 322 valence electrons. The Balaban J connectivity index is 0.963. The molecule has 3 nitrogen and oxygen atoms in total. The zero-order chi connectivity index (χ0) is 45.7. The van der Waals surface area contributed by atoms with Gasteiger partial charge in [0.15, 0.2) is 17.5 Å². The fourth-order valence-corrected chi connectivity index (χ4v) is 13.1. The molecule has 0 bridgehead atoms. The third kappa shape index (κ3) is 6.79. The van der Waals surface area contributed by atoms with E-state index in [4.69, 9.17) is 15.0 Å². The van der Waals surface area contributed by atoms with Gasteiger partial charge in [-0.25, -0.2) is 15.0 Å². The molecule has 10 aromatic rings. The molecule has 0 aliphatic heterocycles. The molecule has 0 amide bonds. The molecule has 0 atom stereocenters. The molecule has 0 radical (unpaired) electrons. The minimum absolute atomic E-state index is 0.432. The summed E-state index contributed by atoms with van der Waals surface area (Å²) in [6, 6.07) is 74.4. The van der Waals surface area contributed by atoms with Crippen molar-refractivity contribution in [2.45, 2.75) is 44.7 Å². The zero-order valence-electron chi connectivity index (χ0n) is 38.9. The summed E-state index contributed by atoms with van der Waals surface area (Å²) < 4.78 is 0. The normalized spacial score (nSPS) is 13.3. The van der Waals surface area contributed by atoms with Gasteiger partial charge in [0.25, 0.3) is 0 Å². The van der Waals surface area contributed by atoms with Gasteiger partial charge >= 0.3 is 0 Å². The maximum absolute atomic E-state index is 5.18. The van der Waals surface area contributed by atoms with Crippen molar-refractivity contribution in [3.63, 3.8) is 0 Å². The summed E-state index contributed by atoms with van der Waals surface area (Å²) in [6.07, 6.45) is 0. The molecule has 2 aliphatic carbocycles. The van der Waals surface area contributed by atoms with Gasteiger partial charge in [-0.15, -0.1) is 0 Å². The number of benzene rings is 9. The Morgan fingerprint density at radius 3 is 1.19 bits per heavy atom. The minimum atomic E-state index is -1.48. The van der Waals surface area contributed by atoms with Gasteiger partial charge in [0, 0.05) is 16.7 Å². The summed E-state index contributed by atoms with van der Waals surface area (Å²) in [6.45, 7) is 14.3. The second kappa shape index (κ2) is 15.4. The molecule has 12 rings (SSSR count). The Bertz CT molecular complexity index is 3480. The largest absolute Gasteiger partial charge is 0.208 e. The summed E-state index contributed by atoms with van der Waals surface area (Å²) in [4.78, 5) is 15.5. The highest BCUT2D eigenvalue weighted by atomic mass is 28.3. The number of fused-ring (bicyclic) bond motifs is 11. The first-order chi connectivity index (χ1) is 32.4. The van der Waals surface area contributed by atoms with Crippen LogP contribution in [0, 0.1) is 0 Å². The predicted molar refractivity (Wildman–Crippen MR) is 287 cm³/mol. The van der Waals surface area contributed by atoms with Crippen LogP contribution < -0.4 is 10.4 Å². The molecule has 9 aromatic carbocycles. The van der Waals surface area contributed by atoms with Crippen LogP contribution in [-0.2, 0) is 5.41 Å². The van der Waals surface area contributed by atoms with Gasteiger partial charge in [0.2, 0.25) is 0 Å². The fraction of sp³-hybridized carbons (Fsp3) is 0.113. The van der Waals surface area contributed by atoms with Crippen LogP contribution in [0.3, 0.4) is 0 Å². The highest BCUT2D eigenvalue weighted by molar-refractivity contribution is 6.89. The van der Waals surface area contributed by atoms with E-state index >= 15 is 0 Å². The van der Waals surface area contributed by atoms with Crippen molar-refractivity contribution < 1.29 is 0 Å². The Labute approximate surface area is 396 Å². The van der Waals surface area contributed by atoms with Gasteiger partial charge < -0.3 is 0 Å². The Morgan fingerprint density at radius 2 is 0.672 bits per heavy atom. The molecule has 0 fully saturated rings. The van der Waals surface area contributed by atoms with E-state index in [0.717, 1.165) is 27.8 Å². The van der Waals surface area contributed by atoms with Gasteiger partial charge in [-0.05, 0) is 108 Å². The standard InChI is InChI=1S/C62H51N3Si2/c1-66(2,3)49-30-25-40(26-31-49)59-63-60(41-27-32-50(33-28-41)67(4,5)6)65-61(64-59)48-20-14-19-44(36-48)42-17-13-18-43(35-42)47-29-34-53-54-37-45-15-7-8-16-46(45)38-58(54)62(57(53)39-47)55-23-11-9-21-51(55)52-22-10-12-24-56(52)62/h7-39H,1-6H3. The smallest absolute Gasteiger partial charge is 0.164 e. The van der Waals surface area contributed by atoms with Crippen LogP contribution in [0.25, 0.3) is 89.4 Å². The lowest BCUT2D eigenvalue weighted by Gasteiger charge is -2.31. The molecular weight excluding hydrogens is 843 g/mol. The predicted octanol–water partition coefficient (Wildman–Crippen LogP) is 14.8. The molecule has 1 spiro atoms. The number of rotatable bonds is 7. The van der Waals surface area contributed by atoms with Gasteiger partial charge in [0.1, 0.15) is 0 Å². The van der Waals surface area contributed by atoms with Gasteiger partial charge in [0.05, 0.1) is 21.6 Å². The van der Waals surface area contributed by atoms with E-state index in [1.165, 1.54) is 76.8 Å². The van der Waals surface area contributed by atoms with Crippen LogP contribution in [0.5, 0.6) is 0 Å². The monoisotopic (exact) mass is 893 g/mol. The maximum atomic E-state index is 5.18. The molecule has 1 aromatic heterocycles. The molecule has 0 saturated heterocycles. The van der Waals surface area contributed by atoms with Crippen molar-refractivity contribution in [1.82, 2.24) is 15.0 Å². The van der Waals surface area contributed by atoms with E-state index in [1.807, 2.05) is 0 Å². The summed E-state index contributed by atoms with van der Waals surface area (Å²) in [5, 5.41) is 5.35. The van der Waals surface area contributed by atoms with E-state index < -0.39 is 21.6 Å². The number of nitrogens with zero attached hydrogens (tertiary/aromatic N) is 3. The van der Waals surface area contributed by atoms with Gasteiger partial charge in [-0.1, -0.05) is 220 Å². The fourth-order valence-electron chi connectivity index (χ4n) is 10.7. The molecule has 2 aliphatic rings. The molecule has 0 N–H and O–H groups in total. The summed E-state index contributed by atoms with van der Waals surface area (Å²) in [5.41, 5.74) is 17.8. The topological polar surface area (TPSA) is 38.7 Å². The minimum Gasteiger partial charge on any atom is -0.208 e. The average molecular weight is 894 g/mol. The third-order valence-corrected chi connectivity index (χ3v) is 18.4. The molecule has 5 heteroatoms. The van der Waals surface area contributed by atoms with Crippen molar-refractivity contribution in [3.8, 4) is 78.7 Å². The van der Waals surface area contributed by atoms with E-state index in [-0.39, 0.29) is 0 Å². The first-order valence-corrected chi connectivity index (χ1v) is 30.5. The lowest BCUT2D eigenvalue weighted by Crippen LogP contribution is -2.37. The lowest BCUT2D eigenvalue weighted by atomic mass is 9.70. The number of aromatic nitrogens is 3. The van der Waals surface area contributed by atoms with Gasteiger partial charge in [-0.2, -0.15) is 0 Å². The van der Waals surface area contributed by atoms with Crippen LogP contribution in [0.15, 0.2) is 200 Å². The van der Waals surface area contributed by atoms with E-state index in [0.29, 0.717) is 17.5 Å². The average Bonchev–Trinajstić information content (AvgIpc) is 3.81. The van der Waals surface area contributed by atoms with Crippen LogP contribution in [0.2, 0.25) is 39.3 Å². The molecule has 1 heterocycles. The van der Waals surface area contributed by atoms with Crippen molar-refractivity contribution in [2.75, 3.05) is 0 Å². The van der Waals surface area contributed by atoms with Crippen LogP contribution in [0.4, 0.5) is 0 Å². The Morgan fingerprint density at radius 1 is 0.284 bits per heavy atom. The third-order valence-electron chi connectivity index (χ3n) is 14.3. The van der Waals surface area contributed by atoms with Crippen LogP contribution in [0.1, 0.15) is 22.3 Å². The first-order valence-electron chi connectivity index (χ1n) is 23.5. The summed E-state index contributed by atoms with van der Waals surface area (Å²) in [7, 11) is -2.96. The highest BCUT2D eigenvalue weighted by Gasteiger charge is 2.51. The van der Waals surface area contributed by atoms with Crippen molar-refractivity contribution >= 4 is 37.3 Å². The van der Waals surface area contributed by atoms with Crippen molar-refractivity contribution in [2.24, 2.45) is 0 Å². The van der Waals surface area contributed by atoms with Crippen LogP contribution in [-0.4, -0.2) is 31.1 Å². The van der Waals surface area contributed by atoms with E-state index in [1.54, 1.807) is 0 Å². The second-order valence-electron chi connectivity index (χ2n) is 20.5. The lowest BCUT2D eigenvalue weighted by molar-refractivity contribution is 0.795. The van der Waals surface area contributed by atoms with Gasteiger partial charge in [-0.3, -0.25) is 0 Å². The maximum Gasteiger partial charge on any atom is 0.164 e. The quantitative estimate of drug-likeness (QED) is 0.150. The molecule has 0 unspecified atom stereocenters. The van der Waals surface area contributed by atoms with E-state index in [2.05, 4.69) is 239 Å². The summed E-state index contributed by atoms with van der Waals surface area (Å²) >= 11 is 0. The van der Waals surface area contributed by atoms with Crippen molar-refractivity contribution in [1.29, 1.82) is 0 Å². The zero-order valence-corrected chi connectivity index (χ0v) is 40.9. The Kier molecular flexibility index (Phi) is 9.44. The first kappa shape index (κ1) is 41.1. The second-order valence-corrected chi connectivity index (χ2v) is 30.6. The highest BCUT2D eigenvalue weighted by Crippen LogP contribution is 2.63. The SMILES string of the molecule is C[Si](C)(C)c1ccc(-c2nc(-c3ccc([Si](C)(C)C)cc3)nc(-c3cccc(-c4cccc(-c5ccc6c(c5)C5(c7ccccc7-c7ccccc75)c5cc7ccccc7cc5-6)c4)c3)n2)cc1. The molecule has 0 saturated carbocycles. The van der Waals surface area contributed by atoms with Crippen molar-refractivity contribution in [3.05, 3.63) is 222 Å².